The van der Waals surface area contributed by atoms with Gasteiger partial charge in [-0.25, -0.2) is 9.36 Å². The number of nitrogens with zero attached hydrogens (tertiary/aromatic N) is 7. The molecule has 2 aliphatic rings. The molecule has 0 bridgehead atoms. The number of nitrogens with one attached hydrogen (secondary N) is 2. The van der Waals surface area contributed by atoms with Gasteiger partial charge in [-0.05, 0) is 37.0 Å². The highest BCUT2D eigenvalue weighted by Gasteiger charge is 2.54. The third kappa shape index (κ3) is 6.31. The van der Waals surface area contributed by atoms with Crippen LogP contribution in [0.5, 0.6) is 0 Å². The lowest BCUT2D eigenvalue weighted by atomic mass is 10.0. The first-order valence-electron chi connectivity index (χ1n) is 13.5. The molecule has 2 aliphatic heterocycles. The number of thioether (sulfide) groups is 1. The molecule has 228 valence electrons. The second-order valence-corrected chi connectivity index (χ2v) is 11.4. The largest absolute Gasteiger partial charge is 0.477 e. The van der Waals surface area contributed by atoms with Crippen molar-refractivity contribution >= 4 is 63.1 Å². The lowest BCUT2D eigenvalue weighted by Gasteiger charge is -2.49. The van der Waals surface area contributed by atoms with Gasteiger partial charge in [0, 0.05) is 35.9 Å². The van der Waals surface area contributed by atoms with E-state index in [1.54, 1.807) is 13.3 Å². The quantitative estimate of drug-likeness (QED) is 0.0472. The van der Waals surface area contributed by atoms with Gasteiger partial charge in [-0.15, -0.1) is 11.8 Å². The first-order chi connectivity index (χ1) is 20.8. The highest BCUT2D eigenvalue weighted by atomic mass is 32.2. The van der Waals surface area contributed by atoms with Gasteiger partial charge in [0.2, 0.25) is 17.9 Å². The number of nitrogen functional groups attached to an aromatic ring is 1. The Morgan fingerprint density at radius 2 is 2.19 bits per heavy atom. The first kappa shape index (κ1) is 30.3. The maximum Gasteiger partial charge on any atom is 0.352 e. The summed E-state index contributed by atoms with van der Waals surface area (Å²) in [5.74, 6) is -2.22. The molecule has 6 N–H and O–H groups in total. The number of anilines is 1. The molecule has 16 nitrogen and oxygen atoms in total. The number of imidazole rings is 1. The molecule has 5 heterocycles. The molecule has 3 aromatic heterocycles. The van der Waals surface area contributed by atoms with Crippen LogP contribution in [0.2, 0.25) is 0 Å². The van der Waals surface area contributed by atoms with E-state index in [1.165, 1.54) is 16.7 Å². The molecule has 0 radical (unpaired) electrons. The van der Waals surface area contributed by atoms with Crippen LogP contribution >= 0.6 is 23.3 Å². The first-order valence-corrected chi connectivity index (χ1v) is 15.3. The van der Waals surface area contributed by atoms with E-state index >= 15 is 0 Å². The Hall–Kier alpha value is -4.13. The second kappa shape index (κ2) is 13.4. The highest BCUT2D eigenvalue weighted by molar-refractivity contribution is 8.00. The summed E-state index contributed by atoms with van der Waals surface area (Å²) in [6, 6.07) is 2.84. The molecule has 0 saturated carbocycles. The van der Waals surface area contributed by atoms with Crippen molar-refractivity contribution in [1.29, 1.82) is 0 Å². The molecule has 0 aromatic carbocycles. The predicted octanol–water partition coefficient (Wildman–Crippen LogP) is -1.09. The fraction of sp³-hybridized carbons (Fsp3) is 0.440. The van der Waals surface area contributed by atoms with E-state index in [1.807, 2.05) is 27.5 Å². The van der Waals surface area contributed by atoms with Crippen LogP contribution in [0.15, 0.2) is 41.1 Å². The lowest BCUT2D eigenvalue weighted by Crippen LogP contribution is -2.71. The highest BCUT2D eigenvalue weighted by Crippen LogP contribution is 2.40. The van der Waals surface area contributed by atoms with Crippen LogP contribution in [0.1, 0.15) is 19.2 Å². The van der Waals surface area contributed by atoms with Crippen LogP contribution in [-0.4, -0.2) is 101 Å². The van der Waals surface area contributed by atoms with Crippen molar-refractivity contribution in [2.24, 2.45) is 5.16 Å². The van der Waals surface area contributed by atoms with E-state index in [9.17, 15) is 19.5 Å². The predicted molar refractivity (Wildman–Crippen MR) is 157 cm³/mol. The van der Waals surface area contributed by atoms with Crippen LogP contribution in [0.4, 0.5) is 5.13 Å². The average Bonchev–Trinajstić information content (AvgIpc) is 3.62. The number of pyridine rings is 1. The molecule has 18 heteroatoms. The van der Waals surface area contributed by atoms with Gasteiger partial charge >= 0.3 is 11.6 Å². The van der Waals surface area contributed by atoms with E-state index in [4.69, 9.17) is 15.7 Å². The molecule has 0 aliphatic carbocycles. The monoisotopic (exact) mass is 631 g/mol. The molecule has 0 spiro atoms. The maximum absolute atomic E-state index is 13.2. The number of aliphatic hydroxyl groups excluding tert-OH is 1. The number of aromatic nitrogens is 5. The minimum Gasteiger partial charge on any atom is -0.477 e. The number of aliphatic carboxylic acids is 1. The van der Waals surface area contributed by atoms with E-state index in [0.717, 1.165) is 36.6 Å². The number of fused-ring (bicyclic) bond motifs is 2. The van der Waals surface area contributed by atoms with Crippen molar-refractivity contribution in [3.8, 4) is 0 Å². The van der Waals surface area contributed by atoms with Gasteiger partial charge in [0.1, 0.15) is 35.8 Å². The molecule has 1 saturated heterocycles. The summed E-state index contributed by atoms with van der Waals surface area (Å²) in [5, 5.41) is 28.2. The number of carboxylic acids is 1. The van der Waals surface area contributed by atoms with Crippen molar-refractivity contribution in [2.45, 2.75) is 37.8 Å². The molecule has 5 rings (SSSR count). The van der Waals surface area contributed by atoms with Crippen molar-refractivity contribution in [1.82, 2.24) is 34.4 Å². The minimum atomic E-state index is -1.23. The van der Waals surface area contributed by atoms with Crippen LogP contribution in [0, 0.1) is 0 Å². The van der Waals surface area contributed by atoms with Gasteiger partial charge in [-0.2, -0.15) is 9.36 Å². The summed E-state index contributed by atoms with van der Waals surface area (Å²) < 4.78 is 7.89. The minimum absolute atomic E-state index is 0.0335. The smallest absolute Gasteiger partial charge is 0.352 e. The summed E-state index contributed by atoms with van der Waals surface area (Å²) in [7, 11) is 0. The van der Waals surface area contributed by atoms with Crippen molar-refractivity contribution < 1.29 is 34.0 Å². The Morgan fingerprint density at radius 3 is 2.91 bits per heavy atom. The van der Waals surface area contributed by atoms with Crippen molar-refractivity contribution in [3.05, 3.63) is 41.8 Å². The molecule has 1 fully saturated rings. The zero-order chi connectivity index (χ0) is 30.5. The van der Waals surface area contributed by atoms with Crippen molar-refractivity contribution in [3.63, 3.8) is 0 Å². The Labute approximate surface area is 253 Å². The number of aliphatic hydroxyl groups is 1. The summed E-state index contributed by atoms with van der Waals surface area (Å²) in [6.45, 7) is 4.20. The zero-order valence-corrected chi connectivity index (χ0v) is 24.8. The number of aryl methyl sites for hydroxylation is 1. The topological polar surface area (TPSA) is 214 Å². The van der Waals surface area contributed by atoms with Gasteiger partial charge in [-0.3, -0.25) is 14.5 Å². The zero-order valence-electron chi connectivity index (χ0n) is 23.2. The number of carbonyl (C=O) groups excluding carboxylic acids is 2. The average molecular weight is 632 g/mol. The number of hydrogen-bond donors (Lipinski definition) is 5. The Bertz CT molecular complexity index is 1590. The van der Waals surface area contributed by atoms with E-state index in [2.05, 4.69) is 30.1 Å². The number of amides is 2. The number of carboxylic acid groups (broad SMARTS) is 1. The fourth-order valence-electron chi connectivity index (χ4n) is 4.83. The van der Waals surface area contributed by atoms with E-state index in [0.29, 0.717) is 23.5 Å². The Balaban J connectivity index is 1.32. The van der Waals surface area contributed by atoms with Gasteiger partial charge in [0.25, 0.3) is 11.8 Å². The van der Waals surface area contributed by atoms with Crippen molar-refractivity contribution in [2.75, 3.05) is 37.8 Å². The molecular weight excluding hydrogens is 600 g/mol. The van der Waals surface area contributed by atoms with Gasteiger partial charge < -0.3 is 36.0 Å². The molecular formula is C25H31N10O6S2+. The van der Waals surface area contributed by atoms with Crippen LogP contribution in [-0.2, 0) is 32.3 Å². The number of rotatable bonds is 14. The summed E-state index contributed by atoms with van der Waals surface area (Å²) in [6.07, 6.45) is 4.41. The Kier molecular flexibility index (Phi) is 9.49. The van der Waals surface area contributed by atoms with Gasteiger partial charge in [0.15, 0.2) is 5.13 Å². The SMILES string of the molecule is CCON=C(C(=O)NC1C(=O)N2C(C(=O)O)=C(C[n+]3cccc4c3ncn4CCCNCCO)CSC12)c1nsc(N)n1. The lowest BCUT2D eigenvalue weighted by molar-refractivity contribution is -0.664. The molecule has 2 atom stereocenters. The van der Waals surface area contributed by atoms with Gasteiger partial charge in [0.05, 0.1) is 12.8 Å². The normalized spacial score (nSPS) is 18.5. The maximum atomic E-state index is 13.2. The molecule has 2 amide bonds. The number of nitrogens with two attached hydrogens (primary N) is 1. The van der Waals surface area contributed by atoms with Gasteiger partial charge in [-0.1, -0.05) is 5.16 Å². The second-order valence-electron chi connectivity index (χ2n) is 9.54. The summed E-state index contributed by atoms with van der Waals surface area (Å²) >= 11 is 2.24. The molecule has 43 heavy (non-hydrogen) atoms. The van der Waals surface area contributed by atoms with Crippen LogP contribution in [0.25, 0.3) is 11.2 Å². The third-order valence-corrected chi connectivity index (χ3v) is 8.62. The third-order valence-electron chi connectivity index (χ3n) is 6.74. The number of hydrogen-bond acceptors (Lipinski definition) is 13. The van der Waals surface area contributed by atoms with Crippen LogP contribution in [0.3, 0.4) is 0 Å². The van der Waals surface area contributed by atoms with Crippen LogP contribution < -0.4 is 20.9 Å². The molecule has 3 aromatic rings. The number of carbonyl (C=O) groups is 3. The summed E-state index contributed by atoms with van der Waals surface area (Å²) in [4.78, 5) is 53.5. The van der Waals surface area contributed by atoms with E-state index in [-0.39, 0.29) is 42.1 Å². The number of oxime groups is 1. The number of β-lactam (4-membered cyclic amide) rings is 1. The standard InChI is InChI=1S/C25H30N10O6S2/c1-2-41-31-16(19-30-25(26)43-32-19)21(37)29-17-22(38)35-18(24(39)40)14(12-42-23(17)35)11-33-8-3-5-15-20(33)28-13-34(15)9-4-6-27-7-10-36/h3,5,8,13,17,23,27,36H,2,4,6-7,9-12H2,1H3,(H3-,26,29,30,32,37,39,40)/p+1. The fourth-order valence-corrected chi connectivity index (χ4v) is 6.60. The summed E-state index contributed by atoms with van der Waals surface area (Å²) in [5.41, 5.74) is 7.44. The molecule has 2 unspecified atom stereocenters. The Morgan fingerprint density at radius 1 is 1.35 bits per heavy atom. The van der Waals surface area contributed by atoms with E-state index < -0.39 is 29.2 Å².